The van der Waals surface area contributed by atoms with Crippen LogP contribution in [-0.4, -0.2) is 15.9 Å². The van der Waals surface area contributed by atoms with Crippen LogP contribution in [-0.2, 0) is 11.2 Å². The third kappa shape index (κ3) is 3.28. The van der Waals surface area contributed by atoms with Crippen molar-refractivity contribution in [1.29, 1.82) is 0 Å². The standard InChI is InChI=1S/C17H17N3O/c1-12-5-4-6-13(11-12)18-17(21)10-9-16-19-14-7-2-3-8-15(14)20-16/h2-8,11H,9-10H2,1H3,(H,18,21)(H,19,20). The fourth-order valence-electron chi connectivity index (χ4n) is 2.30. The number of carbonyl (C=O) groups excluding carboxylic acids is 1. The molecule has 0 aliphatic heterocycles. The first-order chi connectivity index (χ1) is 10.2. The monoisotopic (exact) mass is 279 g/mol. The summed E-state index contributed by atoms with van der Waals surface area (Å²) in [5.41, 5.74) is 3.91. The summed E-state index contributed by atoms with van der Waals surface area (Å²) in [6.07, 6.45) is 1.01. The minimum absolute atomic E-state index is 0.000978. The van der Waals surface area contributed by atoms with E-state index in [9.17, 15) is 4.79 Å². The second-order valence-corrected chi connectivity index (χ2v) is 5.12. The van der Waals surface area contributed by atoms with Gasteiger partial charge in [0, 0.05) is 18.5 Å². The van der Waals surface area contributed by atoms with E-state index in [1.165, 1.54) is 0 Å². The summed E-state index contributed by atoms with van der Waals surface area (Å²) in [5, 5.41) is 2.91. The molecule has 106 valence electrons. The van der Waals surface area contributed by atoms with Crippen molar-refractivity contribution in [2.45, 2.75) is 19.8 Å². The Morgan fingerprint density at radius 2 is 2.05 bits per heavy atom. The minimum atomic E-state index is 0.000978. The molecule has 0 saturated heterocycles. The average Bonchev–Trinajstić information content (AvgIpc) is 2.88. The van der Waals surface area contributed by atoms with Gasteiger partial charge in [-0.2, -0.15) is 0 Å². The van der Waals surface area contributed by atoms with Crippen molar-refractivity contribution in [3.8, 4) is 0 Å². The Morgan fingerprint density at radius 3 is 2.86 bits per heavy atom. The van der Waals surface area contributed by atoms with Gasteiger partial charge in [-0.15, -0.1) is 0 Å². The molecule has 0 unspecified atom stereocenters. The second kappa shape index (κ2) is 5.79. The maximum absolute atomic E-state index is 12.0. The van der Waals surface area contributed by atoms with Crippen LogP contribution in [0.25, 0.3) is 11.0 Å². The molecule has 1 amide bonds. The first-order valence-corrected chi connectivity index (χ1v) is 7.01. The molecule has 0 fully saturated rings. The first kappa shape index (κ1) is 13.4. The van der Waals surface area contributed by atoms with E-state index in [0.29, 0.717) is 12.8 Å². The average molecular weight is 279 g/mol. The van der Waals surface area contributed by atoms with E-state index in [4.69, 9.17) is 0 Å². The van der Waals surface area contributed by atoms with Crippen molar-refractivity contribution >= 4 is 22.6 Å². The predicted molar refractivity (Wildman–Crippen MR) is 84.2 cm³/mol. The maximum Gasteiger partial charge on any atom is 0.224 e. The smallest absolute Gasteiger partial charge is 0.224 e. The number of anilines is 1. The zero-order valence-corrected chi connectivity index (χ0v) is 11.9. The van der Waals surface area contributed by atoms with Crippen LogP contribution in [0.1, 0.15) is 17.8 Å². The van der Waals surface area contributed by atoms with Gasteiger partial charge in [-0.3, -0.25) is 4.79 Å². The van der Waals surface area contributed by atoms with Crippen LogP contribution < -0.4 is 5.32 Å². The number of rotatable bonds is 4. The molecule has 0 spiro atoms. The number of hydrogen-bond acceptors (Lipinski definition) is 2. The van der Waals surface area contributed by atoms with E-state index < -0.39 is 0 Å². The molecule has 2 aromatic carbocycles. The summed E-state index contributed by atoms with van der Waals surface area (Å²) in [5.74, 6) is 0.844. The molecule has 0 aliphatic carbocycles. The van der Waals surface area contributed by atoms with E-state index in [1.807, 2.05) is 55.5 Å². The number of aryl methyl sites for hydroxylation is 2. The highest BCUT2D eigenvalue weighted by molar-refractivity contribution is 5.90. The van der Waals surface area contributed by atoms with Gasteiger partial charge in [-0.05, 0) is 36.8 Å². The summed E-state index contributed by atoms with van der Waals surface area (Å²) < 4.78 is 0. The van der Waals surface area contributed by atoms with Crippen molar-refractivity contribution in [1.82, 2.24) is 9.97 Å². The number of fused-ring (bicyclic) bond motifs is 1. The zero-order chi connectivity index (χ0) is 14.7. The molecule has 4 nitrogen and oxygen atoms in total. The Labute approximate surface area is 123 Å². The fourth-order valence-corrected chi connectivity index (χ4v) is 2.30. The highest BCUT2D eigenvalue weighted by Gasteiger charge is 2.06. The topological polar surface area (TPSA) is 57.8 Å². The number of aromatic amines is 1. The van der Waals surface area contributed by atoms with Gasteiger partial charge < -0.3 is 10.3 Å². The molecule has 1 aromatic heterocycles. The number of imidazole rings is 1. The van der Waals surface area contributed by atoms with Crippen molar-refractivity contribution in [3.63, 3.8) is 0 Å². The zero-order valence-electron chi connectivity index (χ0n) is 11.9. The van der Waals surface area contributed by atoms with Crippen molar-refractivity contribution in [2.24, 2.45) is 0 Å². The van der Waals surface area contributed by atoms with Gasteiger partial charge in [0.2, 0.25) is 5.91 Å². The number of H-pyrrole nitrogens is 1. The molecule has 4 heteroatoms. The number of aromatic nitrogens is 2. The SMILES string of the molecule is Cc1cccc(NC(=O)CCc2nc3ccccc3[nH]2)c1. The summed E-state index contributed by atoms with van der Waals surface area (Å²) in [6, 6.07) is 15.7. The lowest BCUT2D eigenvalue weighted by molar-refractivity contribution is -0.116. The Bertz CT molecular complexity index is 743. The summed E-state index contributed by atoms with van der Waals surface area (Å²) in [4.78, 5) is 19.7. The summed E-state index contributed by atoms with van der Waals surface area (Å²) in [6.45, 7) is 2.00. The maximum atomic E-state index is 12.0. The summed E-state index contributed by atoms with van der Waals surface area (Å²) >= 11 is 0. The van der Waals surface area contributed by atoms with Gasteiger partial charge in [0.15, 0.2) is 0 Å². The van der Waals surface area contributed by atoms with Crippen molar-refractivity contribution < 1.29 is 4.79 Å². The van der Waals surface area contributed by atoms with Gasteiger partial charge in [0.25, 0.3) is 0 Å². The lowest BCUT2D eigenvalue weighted by atomic mass is 10.2. The van der Waals surface area contributed by atoms with Crippen molar-refractivity contribution in [3.05, 3.63) is 59.9 Å². The first-order valence-electron chi connectivity index (χ1n) is 7.01. The minimum Gasteiger partial charge on any atom is -0.342 e. The lowest BCUT2D eigenvalue weighted by Crippen LogP contribution is -2.12. The molecule has 0 bridgehead atoms. The summed E-state index contributed by atoms with van der Waals surface area (Å²) in [7, 11) is 0. The normalized spacial score (nSPS) is 10.7. The lowest BCUT2D eigenvalue weighted by Gasteiger charge is -2.05. The molecular formula is C17H17N3O. The van der Waals surface area contributed by atoms with Gasteiger partial charge in [0.1, 0.15) is 5.82 Å². The van der Waals surface area contributed by atoms with Crippen LogP contribution in [0.2, 0.25) is 0 Å². The molecule has 3 aromatic rings. The second-order valence-electron chi connectivity index (χ2n) is 5.12. The third-order valence-corrected chi connectivity index (χ3v) is 3.33. The van der Waals surface area contributed by atoms with E-state index in [0.717, 1.165) is 28.1 Å². The van der Waals surface area contributed by atoms with Crippen LogP contribution in [0, 0.1) is 6.92 Å². The van der Waals surface area contributed by atoms with Gasteiger partial charge in [-0.1, -0.05) is 24.3 Å². The Hall–Kier alpha value is -2.62. The Kier molecular flexibility index (Phi) is 3.69. The number of amides is 1. The van der Waals surface area contributed by atoms with Crippen molar-refractivity contribution in [2.75, 3.05) is 5.32 Å². The molecule has 0 saturated carbocycles. The largest absolute Gasteiger partial charge is 0.342 e. The van der Waals surface area contributed by atoms with Crippen LogP contribution in [0.4, 0.5) is 5.69 Å². The third-order valence-electron chi connectivity index (χ3n) is 3.33. The quantitative estimate of drug-likeness (QED) is 0.768. The van der Waals surface area contributed by atoms with Gasteiger partial charge in [0.05, 0.1) is 11.0 Å². The number of nitrogens with one attached hydrogen (secondary N) is 2. The molecule has 0 atom stereocenters. The number of benzene rings is 2. The highest BCUT2D eigenvalue weighted by Crippen LogP contribution is 2.13. The molecule has 0 aliphatic rings. The van der Waals surface area contributed by atoms with Crippen LogP contribution in [0.3, 0.4) is 0 Å². The fraction of sp³-hybridized carbons (Fsp3) is 0.176. The number of para-hydroxylation sites is 2. The Balaban J connectivity index is 1.60. The molecule has 2 N–H and O–H groups in total. The Morgan fingerprint density at radius 1 is 1.19 bits per heavy atom. The van der Waals surface area contributed by atoms with Crippen LogP contribution >= 0.6 is 0 Å². The van der Waals surface area contributed by atoms with E-state index >= 15 is 0 Å². The van der Waals surface area contributed by atoms with E-state index in [-0.39, 0.29) is 5.91 Å². The van der Waals surface area contributed by atoms with Crippen LogP contribution in [0.15, 0.2) is 48.5 Å². The van der Waals surface area contributed by atoms with E-state index in [2.05, 4.69) is 15.3 Å². The van der Waals surface area contributed by atoms with Gasteiger partial charge >= 0.3 is 0 Å². The van der Waals surface area contributed by atoms with Crippen LogP contribution in [0.5, 0.6) is 0 Å². The highest BCUT2D eigenvalue weighted by atomic mass is 16.1. The number of nitrogens with zero attached hydrogens (tertiary/aromatic N) is 1. The molecule has 3 rings (SSSR count). The predicted octanol–water partition coefficient (Wildman–Crippen LogP) is 3.44. The molecule has 0 radical (unpaired) electrons. The molecule has 21 heavy (non-hydrogen) atoms. The molecule has 1 heterocycles. The number of hydrogen-bond donors (Lipinski definition) is 2. The van der Waals surface area contributed by atoms with Gasteiger partial charge in [-0.25, -0.2) is 4.98 Å². The number of carbonyl (C=O) groups is 1. The molecular weight excluding hydrogens is 262 g/mol. The van der Waals surface area contributed by atoms with E-state index in [1.54, 1.807) is 0 Å².